The summed E-state index contributed by atoms with van der Waals surface area (Å²) < 4.78 is 17.1. The number of ketones is 1. The summed E-state index contributed by atoms with van der Waals surface area (Å²) in [6.07, 6.45) is 5.13. The predicted octanol–water partition coefficient (Wildman–Crippen LogP) is 1.96. The van der Waals surface area contributed by atoms with Crippen LogP contribution in [0.2, 0.25) is 0 Å². The van der Waals surface area contributed by atoms with Crippen molar-refractivity contribution in [3.63, 3.8) is 0 Å². The van der Waals surface area contributed by atoms with Gasteiger partial charge in [0, 0.05) is 33.4 Å². The monoisotopic (exact) mass is 279 g/mol. The van der Waals surface area contributed by atoms with E-state index in [0.717, 1.165) is 25.7 Å². The van der Waals surface area contributed by atoms with Crippen LogP contribution in [-0.4, -0.2) is 32.6 Å². The molecule has 4 nitrogen and oxygen atoms in total. The second-order valence-electron chi connectivity index (χ2n) is 5.24. The zero-order valence-electron chi connectivity index (χ0n) is 10.9. The lowest BCUT2D eigenvalue weighted by molar-refractivity contribution is 0.0902. The summed E-state index contributed by atoms with van der Waals surface area (Å²) in [7, 11) is 0.808. The van der Waals surface area contributed by atoms with Crippen molar-refractivity contribution in [2.45, 2.75) is 36.2 Å². The molecule has 0 radical (unpaired) electrons. The molecule has 1 aromatic rings. The molecule has 2 saturated heterocycles. The molecule has 0 aliphatic carbocycles. The van der Waals surface area contributed by atoms with Gasteiger partial charge in [0.05, 0.1) is 12.7 Å². The number of carbonyl (C=O) groups is 1. The first-order valence-electron chi connectivity index (χ1n) is 6.63. The van der Waals surface area contributed by atoms with Crippen molar-refractivity contribution in [3.8, 4) is 5.88 Å². The molecule has 2 atom stereocenters. The van der Waals surface area contributed by atoms with Crippen LogP contribution in [0, 0.1) is 5.92 Å². The van der Waals surface area contributed by atoms with E-state index >= 15 is 0 Å². The molecule has 5 heteroatoms. The summed E-state index contributed by atoms with van der Waals surface area (Å²) in [5.41, 5.74) is 0.557. The second kappa shape index (κ2) is 5.04. The summed E-state index contributed by atoms with van der Waals surface area (Å²) >= 11 is 0. The minimum absolute atomic E-state index is 0.0201. The van der Waals surface area contributed by atoms with Crippen molar-refractivity contribution in [2.75, 3.05) is 7.11 Å². The highest BCUT2D eigenvalue weighted by atomic mass is 32.2. The quantitative estimate of drug-likeness (QED) is 0.794. The summed E-state index contributed by atoms with van der Waals surface area (Å²) in [6.45, 7) is 0. The largest absolute Gasteiger partial charge is 0.480 e. The van der Waals surface area contributed by atoms with Gasteiger partial charge in [0.15, 0.2) is 5.78 Å². The van der Waals surface area contributed by atoms with E-state index in [1.54, 1.807) is 18.3 Å². The molecule has 2 aliphatic rings. The number of hydrogen-bond donors (Lipinski definition) is 0. The van der Waals surface area contributed by atoms with Crippen molar-refractivity contribution in [2.24, 2.45) is 5.92 Å². The number of hydrogen-bond acceptors (Lipinski definition) is 4. The highest BCUT2D eigenvalue weighted by Crippen LogP contribution is 2.40. The molecule has 0 amide bonds. The second-order valence-corrected chi connectivity index (χ2v) is 7.23. The number of aromatic nitrogens is 1. The van der Waals surface area contributed by atoms with Crippen LogP contribution in [0.3, 0.4) is 0 Å². The minimum atomic E-state index is -0.718. The molecule has 0 spiro atoms. The zero-order valence-corrected chi connectivity index (χ0v) is 11.7. The Morgan fingerprint density at radius 1 is 1.37 bits per heavy atom. The van der Waals surface area contributed by atoms with Crippen molar-refractivity contribution < 1.29 is 13.7 Å². The van der Waals surface area contributed by atoms with Crippen LogP contribution in [-0.2, 0) is 10.8 Å². The maximum atomic E-state index is 12.6. The average molecular weight is 279 g/mol. The molecule has 19 heavy (non-hydrogen) atoms. The number of Topliss-reactive ketones (excluding diaryl/α,β-unsaturated/α-hetero) is 1. The number of nitrogens with zero attached hydrogens (tertiary/aromatic N) is 1. The van der Waals surface area contributed by atoms with Gasteiger partial charge in [-0.15, -0.1) is 0 Å². The Kier molecular flexibility index (Phi) is 3.39. The van der Waals surface area contributed by atoms with E-state index in [4.69, 9.17) is 4.74 Å². The maximum absolute atomic E-state index is 12.6. The van der Waals surface area contributed by atoms with Crippen LogP contribution in [0.5, 0.6) is 5.88 Å². The van der Waals surface area contributed by atoms with Gasteiger partial charge in [-0.05, 0) is 37.8 Å². The third-order valence-electron chi connectivity index (χ3n) is 4.16. The fourth-order valence-electron chi connectivity index (χ4n) is 3.21. The van der Waals surface area contributed by atoms with Gasteiger partial charge >= 0.3 is 0 Å². The molecule has 1 aromatic heterocycles. The predicted molar refractivity (Wildman–Crippen MR) is 72.8 cm³/mol. The van der Waals surface area contributed by atoms with E-state index in [-0.39, 0.29) is 22.2 Å². The van der Waals surface area contributed by atoms with Crippen LogP contribution < -0.4 is 4.74 Å². The van der Waals surface area contributed by atoms with Crippen molar-refractivity contribution in [1.29, 1.82) is 0 Å². The Labute approximate surface area is 115 Å². The number of methoxy groups -OCH3 is 1. The Balaban J connectivity index is 1.83. The zero-order chi connectivity index (χ0) is 13.4. The van der Waals surface area contributed by atoms with Crippen molar-refractivity contribution in [1.82, 2.24) is 4.98 Å². The molecule has 0 N–H and O–H groups in total. The molecule has 3 rings (SSSR count). The van der Waals surface area contributed by atoms with Crippen LogP contribution in [0.25, 0.3) is 0 Å². The average Bonchev–Trinajstić information content (AvgIpc) is 2.68. The van der Waals surface area contributed by atoms with E-state index in [2.05, 4.69) is 4.98 Å². The number of rotatable bonds is 3. The highest BCUT2D eigenvalue weighted by molar-refractivity contribution is 7.86. The third kappa shape index (κ3) is 2.20. The van der Waals surface area contributed by atoms with Gasteiger partial charge in [-0.2, -0.15) is 0 Å². The van der Waals surface area contributed by atoms with Gasteiger partial charge in [-0.1, -0.05) is 0 Å². The first-order valence-corrected chi connectivity index (χ1v) is 7.91. The first-order chi connectivity index (χ1) is 9.20. The number of ether oxygens (including phenoxy) is 1. The first kappa shape index (κ1) is 12.8. The van der Waals surface area contributed by atoms with Gasteiger partial charge in [0.25, 0.3) is 0 Å². The van der Waals surface area contributed by atoms with Crippen molar-refractivity contribution in [3.05, 3.63) is 23.9 Å². The third-order valence-corrected chi connectivity index (χ3v) is 6.33. The smallest absolute Gasteiger partial charge is 0.224 e. The molecule has 2 bridgehead atoms. The van der Waals surface area contributed by atoms with Gasteiger partial charge in [-0.25, -0.2) is 4.98 Å². The van der Waals surface area contributed by atoms with E-state index in [0.29, 0.717) is 11.4 Å². The summed E-state index contributed by atoms with van der Waals surface area (Å²) in [4.78, 5) is 16.7. The molecule has 0 saturated carbocycles. The van der Waals surface area contributed by atoms with Crippen LogP contribution >= 0.6 is 0 Å². The van der Waals surface area contributed by atoms with Gasteiger partial charge in [-0.3, -0.25) is 9.00 Å². The van der Waals surface area contributed by atoms with Crippen molar-refractivity contribution >= 4 is 16.6 Å². The van der Waals surface area contributed by atoms with Crippen LogP contribution in [0.15, 0.2) is 18.3 Å². The molecule has 0 aromatic carbocycles. The molecule has 3 heterocycles. The van der Waals surface area contributed by atoms with E-state index in [9.17, 15) is 9.00 Å². The van der Waals surface area contributed by atoms with Crippen LogP contribution in [0.1, 0.15) is 36.0 Å². The Hall–Kier alpha value is -1.23. The molecule has 2 unspecified atom stereocenters. The van der Waals surface area contributed by atoms with Gasteiger partial charge in [0.1, 0.15) is 0 Å². The molecular formula is C14H17NO3S. The Morgan fingerprint density at radius 3 is 2.68 bits per heavy atom. The van der Waals surface area contributed by atoms with Gasteiger partial charge < -0.3 is 4.74 Å². The summed E-state index contributed by atoms with van der Waals surface area (Å²) in [5.74, 6) is 0.471. The Morgan fingerprint density at radius 2 is 2.05 bits per heavy atom. The lowest BCUT2D eigenvalue weighted by Gasteiger charge is -2.26. The normalized spacial score (nSPS) is 33.1. The molecule has 2 aliphatic heterocycles. The minimum Gasteiger partial charge on any atom is -0.480 e. The summed E-state index contributed by atoms with van der Waals surface area (Å²) in [5, 5.41) is 0.436. The molecule has 2 fully saturated rings. The SMILES string of the molecule is COc1ncccc1C(=O)C1CC2CCC(C1)S2=O. The molecule has 102 valence electrons. The van der Waals surface area contributed by atoms with Crippen LogP contribution in [0.4, 0.5) is 0 Å². The van der Waals surface area contributed by atoms with E-state index in [1.165, 1.54) is 7.11 Å². The summed E-state index contributed by atoms with van der Waals surface area (Å²) in [6, 6.07) is 3.52. The molecular weight excluding hydrogens is 262 g/mol. The standard InChI is InChI=1S/C14H17NO3S/c1-18-14-12(3-2-6-15-14)13(16)9-7-10-4-5-11(8-9)19(10)17/h2-3,6,9-11H,4-5,7-8H2,1H3. The topological polar surface area (TPSA) is 56.3 Å². The number of carbonyl (C=O) groups excluding carboxylic acids is 1. The number of fused-ring (bicyclic) bond motifs is 2. The van der Waals surface area contributed by atoms with E-state index in [1.807, 2.05) is 0 Å². The fourth-order valence-corrected chi connectivity index (χ4v) is 5.33. The van der Waals surface area contributed by atoms with E-state index < -0.39 is 10.8 Å². The maximum Gasteiger partial charge on any atom is 0.224 e. The van der Waals surface area contributed by atoms with Gasteiger partial charge in [0.2, 0.25) is 5.88 Å². The number of pyridine rings is 1. The lowest BCUT2D eigenvalue weighted by atomic mass is 9.91. The highest BCUT2D eigenvalue weighted by Gasteiger charge is 2.43. The fraction of sp³-hybridized carbons (Fsp3) is 0.571. The lowest BCUT2D eigenvalue weighted by Crippen LogP contribution is -2.32. The Bertz CT molecular complexity index is 515.